The van der Waals surface area contributed by atoms with Crippen molar-refractivity contribution in [2.75, 3.05) is 0 Å². The molecule has 1 aliphatic carbocycles. The molecule has 10 heavy (non-hydrogen) atoms. The lowest BCUT2D eigenvalue weighted by atomic mass is 9.67. The van der Waals surface area contributed by atoms with Crippen LogP contribution in [0.4, 0.5) is 0 Å². The van der Waals surface area contributed by atoms with E-state index in [1.165, 1.54) is 12.8 Å². The van der Waals surface area contributed by atoms with Crippen LogP contribution < -0.4 is 11.5 Å². The molecule has 60 valence electrons. The summed E-state index contributed by atoms with van der Waals surface area (Å²) in [6.07, 6.45) is 2.56. The van der Waals surface area contributed by atoms with Crippen molar-refractivity contribution < 1.29 is 0 Å². The molecule has 2 heteroatoms. The van der Waals surface area contributed by atoms with Gasteiger partial charge in [0, 0.05) is 12.1 Å². The van der Waals surface area contributed by atoms with E-state index in [4.69, 9.17) is 11.5 Å². The molecule has 1 fully saturated rings. The maximum absolute atomic E-state index is 5.77. The Morgan fingerprint density at radius 1 is 1.00 bits per heavy atom. The van der Waals surface area contributed by atoms with E-state index in [2.05, 4.69) is 13.8 Å². The molecule has 1 aliphatic rings. The highest BCUT2D eigenvalue weighted by atomic mass is 14.7. The second-order valence-corrected chi connectivity index (χ2v) is 3.62. The number of rotatable bonds is 2. The third kappa shape index (κ3) is 1.32. The normalized spacial score (nSPS) is 38.4. The highest BCUT2D eigenvalue weighted by molar-refractivity contribution is 4.89. The lowest BCUT2D eigenvalue weighted by molar-refractivity contribution is 0.126. The molecule has 0 bridgehead atoms. The van der Waals surface area contributed by atoms with Crippen molar-refractivity contribution in [3.8, 4) is 0 Å². The molecule has 4 N–H and O–H groups in total. The predicted octanol–water partition coefficient (Wildman–Crippen LogP) is 0.707. The minimum absolute atomic E-state index is 0.338. The van der Waals surface area contributed by atoms with Gasteiger partial charge in [0.15, 0.2) is 0 Å². The van der Waals surface area contributed by atoms with Gasteiger partial charge in [-0.25, -0.2) is 0 Å². The van der Waals surface area contributed by atoms with Gasteiger partial charge in [-0.15, -0.1) is 0 Å². The molecule has 1 rings (SSSR count). The maximum Gasteiger partial charge on any atom is 0.00419 e. The van der Waals surface area contributed by atoms with Gasteiger partial charge < -0.3 is 11.5 Å². The first kappa shape index (κ1) is 8.02. The summed E-state index contributed by atoms with van der Waals surface area (Å²) in [5.41, 5.74) is 11.5. The minimum atomic E-state index is 0.338. The van der Waals surface area contributed by atoms with Crippen molar-refractivity contribution in [2.24, 2.45) is 23.3 Å². The van der Waals surface area contributed by atoms with Crippen LogP contribution in [-0.4, -0.2) is 12.1 Å². The van der Waals surface area contributed by atoms with E-state index < -0.39 is 0 Å². The zero-order valence-corrected chi connectivity index (χ0v) is 6.88. The van der Waals surface area contributed by atoms with E-state index in [0.29, 0.717) is 23.9 Å². The summed E-state index contributed by atoms with van der Waals surface area (Å²) in [5, 5.41) is 0. The second kappa shape index (κ2) is 2.89. The first-order valence-electron chi connectivity index (χ1n) is 4.14. The van der Waals surface area contributed by atoms with E-state index in [-0.39, 0.29) is 0 Å². The fourth-order valence-corrected chi connectivity index (χ4v) is 1.86. The SMILES string of the molecule is CC(N)C1CCC1C(C)N. The van der Waals surface area contributed by atoms with Crippen LogP contribution in [0.5, 0.6) is 0 Å². The molecule has 0 aromatic rings. The van der Waals surface area contributed by atoms with Crippen LogP contribution in [0.15, 0.2) is 0 Å². The summed E-state index contributed by atoms with van der Waals surface area (Å²) in [7, 11) is 0. The lowest BCUT2D eigenvalue weighted by Crippen LogP contribution is -2.46. The average Bonchev–Trinajstić information content (AvgIpc) is 1.56. The van der Waals surface area contributed by atoms with Gasteiger partial charge in [-0.3, -0.25) is 0 Å². The molecule has 0 saturated heterocycles. The fourth-order valence-electron chi connectivity index (χ4n) is 1.86. The predicted molar refractivity (Wildman–Crippen MR) is 43.5 cm³/mol. The van der Waals surface area contributed by atoms with Gasteiger partial charge in [-0.2, -0.15) is 0 Å². The van der Waals surface area contributed by atoms with Gasteiger partial charge in [0.2, 0.25) is 0 Å². The Morgan fingerprint density at radius 3 is 1.40 bits per heavy atom. The fraction of sp³-hybridized carbons (Fsp3) is 1.00. The molecular weight excluding hydrogens is 124 g/mol. The van der Waals surface area contributed by atoms with E-state index in [0.717, 1.165) is 0 Å². The summed E-state index contributed by atoms with van der Waals surface area (Å²) in [6, 6.07) is 0.675. The van der Waals surface area contributed by atoms with Crippen LogP contribution in [0, 0.1) is 11.8 Å². The van der Waals surface area contributed by atoms with Gasteiger partial charge in [0.05, 0.1) is 0 Å². The maximum atomic E-state index is 5.77. The first-order valence-corrected chi connectivity index (χ1v) is 4.14. The largest absolute Gasteiger partial charge is 0.328 e. The zero-order chi connectivity index (χ0) is 7.72. The van der Waals surface area contributed by atoms with E-state index in [9.17, 15) is 0 Å². The molecule has 0 radical (unpaired) electrons. The van der Waals surface area contributed by atoms with Gasteiger partial charge in [-0.05, 0) is 38.5 Å². The van der Waals surface area contributed by atoms with E-state index >= 15 is 0 Å². The van der Waals surface area contributed by atoms with Crippen molar-refractivity contribution >= 4 is 0 Å². The second-order valence-electron chi connectivity index (χ2n) is 3.62. The highest BCUT2D eigenvalue weighted by Crippen LogP contribution is 2.37. The number of nitrogens with two attached hydrogens (primary N) is 2. The molecule has 0 spiro atoms. The molecule has 4 unspecified atom stereocenters. The molecule has 0 amide bonds. The number of hydrogen-bond donors (Lipinski definition) is 2. The monoisotopic (exact) mass is 142 g/mol. The molecule has 0 aromatic heterocycles. The summed E-state index contributed by atoms with van der Waals surface area (Å²) in [6.45, 7) is 4.17. The van der Waals surface area contributed by atoms with Crippen molar-refractivity contribution in [2.45, 2.75) is 38.8 Å². The van der Waals surface area contributed by atoms with Gasteiger partial charge in [0.1, 0.15) is 0 Å². The minimum Gasteiger partial charge on any atom is -0.328 e. The summed E-state index contributed by atoms with van der Waals surface area (Å²) in [4.78, 5) is 0. The topological polar surface area (TPSA) is 52.0 Å². The Hall–Kier alpha value is -0.0800. The summed E-state index contributed by atoms with van der Waals surface area (Å²) < 4.78 is 0. The van der Waals surface area contributed by atoms with Crippen LogP contribution >= 0.6 is 0 Å². The van der Waals surface area contributed by atoms with Crippen molar-refractivity contribution in [3.63, 3.8) is 0 Å². The Labute approximate surface area is 63.0 Å². The highest BCUT2D eigenvalue weighted by Gasteiger charge is 2.35. The quantitative estimate of drug-likeness (QED) is 0.596. The Balaban J connectivity index is 2.36. The smallest absolute Gasteiger partial charge is 0.00419 e. The van der Waals surface area contributed by atoms with Crippen LogP contribution in [0.2, 0.25) is 0 Å². The average molecular weight is 142 g/mol. The molecule has 0 heterocycles. The summed E-state index contributed by atoms with van der Waals surface area (Å²) >= 11 is 0. The first-order chi connectivity index (χ1) is 4.63. The standard InChI is InChI=1S/C8H18N2/c1-5(9)7-3-4-8(7)6(2)10/h5-8H,3-4,9-10H2,1-2H3. The number of hydrogen-bond acceptors (Lipinski definition) is 2. The molecule has 0 aliphatic heterocycles. The lowest BCUT2D eigenvalue weighted by Gasteiger charge is -2.41. The van der Waals surface area contributed by atoms with Crippen LogP contribution in [0.1, 0.15) is 26.7 Å². The molecule has 0 aromatic carbocycles. The van der Waals surface area contributed by atoms with Crippen LogP contribution in [0.3, 0.4) is 0 Å². The molecule has 1 saturated carbocycles. The van der Waals surface area contributed by atoms with Gasteiger partial charge in [-0.1, -0.05) is 0 Å². The van der Waals surface area contributed by atoms with E-state index in [1.807, 2.05) is 0 Å². The third-order valence-electron chi connectivity index (χ3n) is 2.73. The van der Waals surface area contributed by atoms with Crippen molar-refractivity contribution in [1.82, 2.24) is 0 Å². The Morgan fingerprint density at radius 2 is 1.30 bits per heavy atom. The van der Waals surface area contributed by atoms with Crippen LogP contribution in [-0.2, 0) is 0 Å². The molecule has 4 atom stereocenters. The van der Waals surface area contributed by atoms with E-state index in [1.54, 1.807) is 0 Å². The van der Waals surface area contributed by atoms with Crippen molar-refractivity contribution in [3.05, 3.63) is 0 Å². The third-order valence-corrected chi connectivity index (χ3v) is 2.73. The van der Waals surface area contributed by atoms with Crippen molar-refractivity contribution in [1.29, 1.82) is 0 Å². The Bertz CT molecular complexity index is 95.8. The summed E-state index contributed by atoms with van der Waals surface area (Å²) in [5.74, 6) is 1.39. The zero-order valence-electron chi connectivity index (χ0n) is 6.88. The van der Waals surface area contributed by atoms with Gasteiger partial charge >= 0.3 is 0 Å². The Kier molecular flexibility index (Phi) is 2.32. The van der Waals surface area contributed by atoms with Gasteiger partial charge in [0.25, 0.3) is 0 Å². The molecule has 2 nitrogen and oxygen atoms in total. The van der Waals surface area contributed by atoms with Crippen LogP contribution in [0.25, 0.3) is 0 Å². The molecular formula is C8H18N2.